The van der Waals surface area contributed by atoms with Gasteiger partial charge in [-0.25, -0.2) is 9.78 Å². The van der Waals surface area contributed by atoms with E-state index >= 15 is 0 Å². The van der Waals surface area contributed by atoms with E-state index in [4.69, 9.17) is 25.8 Å². The van der Waals surface area contributed by atoms with Gasteiger partial charge >= 0.3 is 6.03 Å². The third-order valence-electron chi connectivity index (χ3n) is 7.97. The van der Waals surface area contributed by atoms with E-state index in [1.807, 2.05) is 50.2 Å². The number of rotatable bonds is 8. The van der Waals surface area contributed by atoms with E-state index in [0.29, 0.717) is 23.5 Å². The number of carbonyl (C=O) groups excluding carboxylic acids is 2. The summed E-state index contributed by atoms with van der Waals surface area (Å²) in [5.74, 6) is -0.684. The third kappa shape index (κ3) is 5.20. The Hall–Kier alpha value is -4.10. The maximum absolute atomic E-state index is 12.3. The predicted molar refractivity (Wildman–Crippen MR) is 156 cm³/mol. The molecule has 3 saturated heterocycles. The van der Waals surface area contributed by atoms with Crippen molar-refractivity contribution in [3.05, 3.63) is 83.4 Å². The van der Waals surface area contributed by atoms with Crippen molar-refractivity contribution >= 4 is 40.5 Å². The standard InChI is InChI=1S/C30H30ClN7O5/c1-30(2)42-23-20(15-37-21(39)14-33-29(37)40)41-27(24(23)43-30)38-16-34-22-25(35-28(31)36-26(22)38)32-13-19(17-9-5-3-6-10-17)18-11-7-4-8-12-18/h3-12,16,19-20,23-24,27H,13-15H2,1-2H3,(H,33,40)(H,32,35,36)/t20-,23-,24?,27-/m1/s1. The van der Waals surface area contributed by atoms with E-state index in [2.05, 4.69) is 49.9 Å². The molecular formula is C30H30ClN7O5. The van der Waals surface area contributed by atoms with Crippen molar-refractivity contribution in [2.24, 2.45) is 0 Å². The number of hydrogen-bond donors (Lipinski definition) is 2. The molecule has 4 atom stereocenters. The molecule has 1 unspecified atom stereocenters. The Morgan fingerprint density at radius 2 is 1.70 bits per heavy atom. The van der Waals surface area contributed by atoms with Gasteiger partial charge in [0.2, 0.25) is 11.2 Å². The maximum Gasteiger partial charge on any atom is 0.324 e. The molecule has 43 heavy (non-hydrogen) atoms. The normalized spacial score (nSPS) is 24.6. The van der Waals surface area contributed by atoms with Crippen molar-refractivity contribution < 1.29 is 23.8 Å². The van der Waals surface area contributed by atoms with Crippen LogP contribution < -0.4 is 10.6 Å². The lowest BCUT2D eigenvalue weighted by molar-refractivity contribution is -0.197. The molecule has 0 aliphatic carbocycles. The molecule has 0 radical (unpaired) electrons. The van der Waals surface area contributed by atoms with Crippen LogP contribution in [-0.2, 0) is 19.0 Å². The number of ether oxygens (including phenoxy) is 3. The molecule has 3 aliphatic rings. The molecule has 0 saturated carbocycles. The van der Waals surface area contributed by atoms with E-state index in [0.717, 1.165) is 16.0 Å². The van der Waals surface area contributed by atoms with E-state index in [1.54, 1.807) is 10.9 Å². The van der Waals surface area contributed by atoms with Crippen LogP contribution in [0.1, 0.15) is 37.1 Å². The summed E-state index contributed by atoms with van der Waals surface area (Å²) in [6, 6.07) is 20.0. The molecule has 5 heterocycles. The number of carbonyl (C=O) groups is 2. The number of aromatic nitrogens is 4. The van der Waals surface area contributed by atoms with E-state index < -0.39 is 36.4 Å². The highest BCUT2D eigenvalue weighted by Crippen LogP contribution is 2.44. The summed E-state index contributed by atoms with van der Waals surface area (Å²) in [4.78, 5) is 39.3. The van der Waals surface area contributed by atoms with Crippen LogP contribution in [-0.4, -0.2) is 80.1 Å². The summed E-state index contributed by atoms with van der Waals surface area (Å²) in [7, 11) is 0. The molecule has 4 aromatic rings. The summed E-state index contributed by atoms with van der Waals surface area (Å²) in [5, 5.41) is 6.04. The van der Waals surface area contributed by atoms with Crippen LogP contribution >= 0.6 is 11.6 Å². The minimum Gasteiger partial charge on any atom is -0.367 e. The molecule has 12 nitrogen and oxygen atoms in total. The van der Waals surface area contributed by atoms with Gasteiger partial charge in [-0.2, -0.15) is 9.97 Å². The van der Waals surface area contributed by atoms with Crippen LogP contribution in [0.5, 0.6) is 0 Å². The van der Waals surface area contributed by atoms with Crippen molar-refractivity contribution in [1.29, 1.82) is 0 Å². The van der Waals surface area contributed by atoms with Crippen molar-refractivity contribution in [2.75, 3.05) is 25.0 Å². The molecule has 222 valence electrons. The number of urea groups is 1. The minimum atomic E-state index is -0.896. The van der Waals surface area contributed by atoms with Crippen molar-refractivity contribution in [3.63, 3.8) is 0 Å². The Labute approximate surface area is 252 Å². The van der Waals surface area contributed by atoms with E-state index in [1.165, 1.54) is 0 Å². The Morgan fingerprint density at radius 3 is 2.35 bits per heavy atom. The van der Waals surface area contributed by atoms with Gasteiger partial charge in [0, 0.05) is 12.5 Å². The monoisotopic (exact) mass is 603 g/mol. The smallest absolute Gasteiger partial charge is 0.324 e. The summed E-state index contributed by atoms with van der Waals surface area (Å²) >= 11 is 6.45. The molecular weight excluding hydrogens is 574 g/mol. The number of imidazole rings is 1. The van der Waals surface area contributed by atoms with Gasteiger partial charge in [-0.1, -0.05) is 60.7 Å². The Morgan fingerprint density at radius 1 is 1.02 bits per heavy atom. The number of nitrogens with one attached hydrogen (secondary N) is 2. The molecule has 13 heteroatoms. The molecule has 2 aromatic carbocycles. The SMILES string of the molecule is CC1(C)OC2[C@H](n3cnc4c(NCC(c5ccccc5)c5ccccc5)nc(Cl)nc43)O[C@H](CN3C(=O)CNC3=O)[C@H]2O1. The van der Waals surface area contributed by atoms with Crippen LogP contribution in [0.25, 0.3) is 11.2 Å². The fourth-order valence-electron chi connectivity index (χ4n) is 6.05. The number of amides is 3. The summed E-state index contributed by atoms with van der Waals surface area (Å²) < 4.78 is 20.6. The van der Waals surface area contributed by atoms with Gasteiger partial charge in [0.1, 0.15) is 18.3 Å². The van der Waals surface area contributed by atoms with E-state index in [-0.39, 0.29) is 30.2 Å². The van der Waals surface area contributed by atoms with Crippen LogP contribution in [0.3, 0.4) is 0 Å². The molecule has 2 aromatic heterocycles. The Kier molecular flexibility index (Phi) is 7.01. The first-order chi connectivity index (χ1) is 20.8. The third-order valence-corrected chi connectivity index (χ3v) is 8.14. The molecule has 3 amide bonds. The minimum absolute atomic E-state index is 0.0251. The molecule has 3 aliphatic heterocycles. The van der Waals surface area contributed by atoms with E-state index in [9.17, 15) is 9.59 Å². The van der Waals surface area contributed by atoms with Crippen LogP contribution in [0.4, 0.5) is 10.6 Å². The fraction of sp³-hybridized carbons (Fsp3) is 0.367. The second-order valence-corrected chi connectivity index (χ2v) is 11.6. The first-order valence-corrected chi connectivity index (χ1v) is 14.5. The lowest BCUT2D eigenvalue weighted by Crippen LogP contribution is -2.43. The molecule has 7 rings (SSSR count). The van der Waals surface area contributed by atoms with Crippen molar-refractivity contribution in [3.8, 4) is 0 Å². The lowest BCUT2D eigenvalue weighted by Gasteiger charge is -2.26. The first kappa shape index (κ1) is 27.7. The maximum atomic E-state index is 12.3. The predicted octanol–water partition coefficient (Wildman–Crippen LogP) is 3.69. The molecule has 3 fully saturated rings. The first-order valence-electron chi connectivity index (χ1n) is 14.1. The number of fused-ring (bicyclic) bond motifs is 2. The van der Waals surface area contributed by atoms with Gasteiger partial charge in [-0.05, 0) is 36.6 Å². The summed E-state index contributed by atoms with van der Waals surface area (Å²) in [6.07, 6.45) is -0.814. The lowest BCUT2D eigenvalue weighted by atomic mass is 9.91. The zero-order valence-corrected chi connectivity index (χ0v) is 24.3. The zero-order valence-electron chi connectivity index (χ0n) is 23.5. The van der Waals surface area contributed by atoms with Crippen molar-refractivity contribution in [1.82, 2.24) is 29.7 Å². The van der Waals surface area contributed by atoms with Gasteiger partial charge in [0.15, 0.2) is 29.0 Å². The summed E-state index contributed by atoms with van der Waals surface area (Å²) in [5.41, 5.74) is 3.28. The van der Waals surface area contributed by atoms with Gasteiger partial charge in [-0.3, -0.25) is 14.3 Å². The topological polar surface area (TPSA) is 133 Å². The largest absolute Gasteiger partial charge is 0.367 e. The Balaban J connectivity index is 1.19. The number of nitrogens with zero attached hydrogens (tertiary/aromatic N) is 5. The van der Waals surface area contributed by atoms with Gasteiger partial charge in [0.25, 0.3) is 0 Å². The fourth-order valence-corrected chi connectivity index (χ4v) is 6.21. The molecule has 2 N–H and O–H groups in total. The highest BCUT2D eigenvalue weighted by atomic mass is 35.5. The average Bonchev–Trinajstić information content (AvgIpc) is 3.73. The molecule has 0 spiro atoms. The second kappa shape index (κ2) is 10.9. The second-order valence-electron chi connectivity index (χ2n) is 11.2. The molecule has 0 bridgehead atoms. The average molecular weight is 604 g/mol. The highest BCUT2D eigenvalue weighted by molar-refractivity contribution is 6.28. The Bertz CT molecular complexity index is 1610. The van der Waals surface area contributed by atoms with Crippen LogP contribution in [0.2, 0.25) is 5.28 Å². The number of halogens is 1. The number of imide groups is 1. The number of hydrogen-bond acceptors (Lipinski definition) is 9. The van der Waals surface area contributed by atoms with Gasteiger partial charge in [0.05, 0.1) is 19.4 Å². The van der Waals surface area contributed by atoms with Crippen molar-refractivity contribution in [2.45, 2.75) is 50.1 Å². The van der Waals surface area contributed by atoms with Gasteiger partial charge < -0.3 is 24.8 Å². The summed E-state index contributed by atoms with van der Waals surface area (Å²) in [6.45, 7) is 4.15. The number of benzene rings is 2. The highest BCUT2D eigenvalue weighted by Gasteiger charge is 2.57. The number of anilines is 1. The quantitative estimate of drug-likeness (QED) is 0.228. The zero-order chi connectivity index (χ0) is 29.7. The van der Waals surface area contributed by atoms with Gasteiger partial charge in [-0.15, -0.1) is 0 Å². The van der Waals surface area contributed by atoms with Crippen LogP contribution in [0.15, 0.2) is 67.0 Å². The van der Waals surface area contributed by atoms with Crippen LogP contribution in [0, 0.1) is 0 Å².